The maximum Gasteiger partial charge on any atom is 0.334 e. The summed E-state index contributed by atoms with van der Waals surface area (Å²) >= 11 is 0. The molecular weight excluding hydrogens is 319 g/mol. The van der Waals surface area contributed by atoms with Crippen LogP contribution in [0.15, 0.2) is 0 Å². The van der Waals surface area contributed by atoms with Crippen LogP contribution in [0.3, 0.4) is 0 Å². The Morgan fingerprint density at radius 2 is 1.71 bits per heavy atom. The Kier molecular flexibility index (Phi) is 6.30. The van der Waals surface area contributed by atoms with Crippen LogP contribution < -0.4 is 5.32 Å². The van der Waals surface area contributed by atoms with Crippen molar-refractivity contribution in [2.75, 3.05) is 13.1 Å². The van der Waals surface area contributed by atoms with Crippen molar-refractivity contribution in [2.45, 2.75) is 64.5 Å². The number of carbonyl (C=O) groups excluding carboxylic acids is 4. The van der Waals surface area contributed by atoms with Gasteiger partial charge in [0.05, 0.1) is 13.0 Å². The van der Waals surface area contributed by atoms with E-state index in [0.717, 1.165) is 12.8 Å². The summed E-state index contributed by atoms with van der Waals surface area (Å²) in [5, 5.41) is 3.19. The lowest BCUT2D eigenvalue weighted by molar-refractivity contribution is -0.197. The van der Waals surface area contributed by atoms with Gasteiger partial charge in [-0.05, 0) is 26.7 Å². The van der Waals surface area contributed by atoms with Crippen LogP contribution in [0.5, 0.6) is 0 Å². The summed E-state index contributed by atoms with van der Waals surface area (Å²) < 4.78 is 0. The molecule has 3 amide bonds. The topological polar surface area (TPSA) is 96.0 Å². The van der Waals surface area contributed by atoms with Crippen molar-refractivity contribution in [2.24, 2.45) is 0 Å². The number of amides is 3. The summed E-state index contributed by atoms with van der Waals surface area (Å²) in [5.74, 6) is -1.87. The highest BCUT2D eigenvalue weighted by atomic mass is 16.8. The molecule has 8 nitrogen and oxygen atoms in total. The minimum absolute atomic E-state index is 0.0645. The third-order valence-electron chi connectivity index (χ3n) is 4.55. The zero-order valence-electron chi connectivity index (χ0n) is 14.2. The first kappa shape index (κ1) is 18.4. The first-order chi connectivity index (χ1) is 11.4. The van der Waals surface area contributed by atoms with Gasteiger partial charge in [0.25, 0.3) is 11.8 Å². The molecule has 24 heavy (non-hydrogen) atoms. The third-order valence-corrected chi connectivity index (χ3v) is 4.55. The molecule has 134 valence electrons. The molecule has 0 bridgehead atoms. The van der Waals surface area contributed by atoms with E-state index in [-0.39, 0.29) is 31.7 Å². The van der Waals surface area contributed by atoms with Gasteiger partial charge in [-0.15, -0.1) is 5.06 Å². The van der Waals surface area contributed by atoms with E-state index in [0.29, 0.717) is 23.7 Å². The van der Waals surface area contributed by atoms with Crippen LogP contribution in [0.2, 0.25) is 0 Å². The molecule has 8 heteroatoms. The molecule has 2 atom stereocenters. The number of likely N-dealkylation sites (tertiary alicyclic amines) is 1. The van der Waals surface area contributed by atoms with E-state index in [2.05, 4.69) is 24.1 Å². The van der Waals surface area contributed by atoms with Crippen molar-refractivity contribution >= 4 is 23.7 Å². The lowest BCUT2D eigenvalue weighted by Gasteiger charge is -2.38. The summed E-state index contributed by atoms with van der Waals surface area (Å²) in [6.07, 6.45) is 3.39. The fourth-order valence-corrected chi connectivity index (χ4v) is 3.12. The van der Waals surface area contributed by atoms with Crippen LogP contribution in [0.25, 0.3) is 0 Å². The van der Waals surface area contributed by atoms with E-state index < -0.39 is 17.8 Å². The number of imide groups is 1. The Balaban J connectivity index is 1.67. The van der Waals surface area contributed by atoms with Gasteiger partial charge in [0, 0.05) is 31.5 Å². The predicted molar refractivity (Wildman–Crippen MR) is 84.3 cm³/mol. The molecule has 0 spiro atoms. The van der Waals surface area contributed by atoms with Crippen molar-refractivity contribution in [3.05, 3.63) is 0 Å². The predicted octanol–water partition coefficient (Wildman–Crippen LogP) is 0.363. The van der Waals surface area contributed by atoms with Gasteiger partial charge in [0.1, 0.15) is 0 Å². The Morgan fingerprint density at radius 1 is 1.12 bits per heavy atom. The number of hydrogen-bond acceptors (Lipinski definition) is 6. The number of hydroxylamine groups is 2. The van der Waals surface area contributed by atoms with E-state index in [4.69, 9.17) is 4.84 Å². The van der Waals surface area contributed by atoms with Gasteiger partial charge in [0.2, 0.25) is 5.91 Å². The van der Waals surface area contributed by atoms with Crippen LogP contribution in [0.1, 0.15) is 52.4 Å². The standard InChI is InChI=1S/C16H25N3O5/c1-11-4-3-5-12(2)18(11)10-13(20)17-9-8-16(23)24-19-14(21)6-7-15(19)22/h11-12H,3-10H2,1-2H3,(H,17,20)/i8+1,10+1,13+1,16+1,18+1. The number of piperidine rings is 1. The van der Waals surface area contributed by atoms with Crippen molar-refractivity contribution in [3.63, 3.8) is 0 Å². The zero-order chi connectivity index (χ0) is 17.7. The fourth-order valence-electron chi connectivity index (χ4n) is 3.12. The van der Waals surface area contributed by atoms with Gasteiger partial charge in [-0.1, -0.05) is 6.42 Å². The highest BCUT2D eigenvalue weighted by Crippen LogP contribution is 2.21. The largest absolute Gasteiger partial charge is 0.354 e. The second-order valence-corrected chi connectivity index (χ2v) is 6.45. The van der Waals surface area contributed by atoms with Gasteiger partial charge in [-0.2, -0.15) is 0 Å². The summed E-state index contributed by atoms with van der Waals surface area (Å²) in [6, 6.07) is 0.744. The summed E-state index contributed by atoms with van der Waals surface area (Å²) in [4.78, 5) is 53.2. The SMILES string of the molecule is CC1CCCC(C)[15N]1[13CH2][13C](=O)NC[13CH2][13C](=O)ON1C(=O)CCC1=O. The van der Waals surface area contributed by atoms with Gasteiger partial charge in [-0.3, -0.25) is 19.3 Å². The smallest absolute Gasteiger partial charge is 0.334 e. The summed E-state index contributed by atoms with van der Waals surface area (Å²) in [6.45, 7) is 4.65. The Bertz CT molecular complexity index is 496. The molecule has 0 aliphatic carbocycles. The molecule has 2 saturated heterocycles. The number of nitrogens with one attached hydrogen (secondary N) is 1. The molecule has 0 aromatic heterocycles. The third kappa shape index (κ3) is 4.77. The van der Waals surface area contributed by atoms with Gasteiger partial charge < -0.3 is 10.2 Å². The average molecular weight is 344 g/mol. The van der Waals surface area contributed by atoms with Crippen LogP contribution in [0.4, 0.5) is 0 Å². The molecule has 2 aliphatic rings. The first-order valence-electron chi connectivity index (χ1n) is 8.47. The lowest BCUT2D eigenvalue weighted by Crippen LogP contribution is -2.48. The maximum atomic E-state index is 12.0. The molecule has 2 rings (SSSR count). The molecule has 2 unspecified atom stereocenters. The molecule has 2 fully saturated rings. The monoisotopic (exact) mass is 344 g/mol. The Morgan fingerprint density at radius 3 is 2.29 bits per heavy atom. The highest BCUT2D eigenvalue weighted by Gasteiger charge is 2.32. The van der Waals surface area contributed by atoms with E-state index >= 15 is 0 Å². The molecule has 0 aromatic rings. The van der Waals surface area contributed by atoms with Gasteiger partial charge >= 0.3 is 5.97 Å². The van der Waals surface area contributed by atoms with Gasteiger partial charge in [-0.25, -0.2) is 4.79 Å². The van der Waals surface area contributed by atoms with Crippen molar-refractivity contribution in [1.82, 2.24) is 15.3 Å². The summed E-state index contributed by atoms with van der Waals surface area (Å²) in [5.41, 5.74) is 0. The van der Waals surface area contributed by atoms with E-state index in [1.807, 2.05) is 0 Å². The van der Waals surface area contributed by atoms with E-state index in [9.17, 15) is 19.2 Å². The molecule has 0 saturated carbocycles. The lowest BCUT2D eigenvalue weighted by atomic mass is 10.0. The number of rotatable bonds is 6. The van der Waals surface area contributed by atoms with E-state index in [1.165, 1.54) is 6.42 Å². The molecule has 0 radical (unpaired) electrons. The maximum absolute atomic E-state index is 12.0. The van der Waals surface area contributed by atoms with Crippen molar-refractivity contribution in [3.8, 4) is 0 Å². The van der Waals surface area contributed by atoms with Crippen molar-refractivity contribution < 1.29 is 24.0 Å². The van der Waals surface area contributed by atoms with Crippen LogP contribution in [0, 0.1) is 0 Å². The van der Waals surface area contributed by atoms with E-state index in [1.54, 1.807) is 0 Å². The summed E-state index contributed by atoms with van der Waals surface area (Å²) in [7, 11) is 0. The Hall–Kier alpha value is -1.96. The second-order valence-electron chi connectivity index (χ2n) is 6.45. The molecule has 2 aliphatic heterocycles. The molecule has 1 N–H and O–H groups in total. The quantitative estimate of drug-likeness (QED) is 0.425. The van der Waals surface area contributed by atoms with Crippen LogP contribution in [-0.2, 0) is 24.0 Å². The Labute approximate surface area is 141 Å². The van der Waals surface area contributed by atoms with Gasteiger partial charge in [0.15, 0.2) is 0 Å². The minimum atomic E-state index is -0.710. The first-order valence-corrected chi connectivity index (χ1v) is 8.47. The molecule has 2 heterocycles. The number of carbonyl (C=O) groups is 4. The number of hydrogen-bond donors (Lipinski definition) is 1. The second kappa shape index (κ2) is 8.23. The fraction of sp³-hybridized carbons (Fsp3) is 0.750. The minimum Gasteiger partial charge on any atom is -0.354 e. The zero-order valence-corrected chi connectivity index (χ0v) is 14.2. The molecular formula is C16H25N3O5. The molecule has 0 aromatic carbocycles. The van der Waals surface area contributed by atoms with Crippen LogP contribution >= 0.6 is 0 Å². The van der Waals surface area contributed by atoms with Crippen molar-refractivity contribution in [1.29, 1.82) is 0 Å². The van der Waals surface area contributed by atoms with Crippen LogP contribution in [-0.4, -0.2) is 58.8 Å². The number of nitrogens with zero attached hydrogens (tertiary/aromatic N) is 2. The average Bonchev–Trinajstić information content (AvgIpc) is 2.83. The highest BCUT2D eigenvalue weighted by molar-refractivity contribution is 6.01. The normalized spacial score (nSPS) is 25.0.